The van der Waals surface area contributed by atoms with E-state index in [0.29, 0.717) is 18.1 Å². The van der Waals surface area contributed by atoms with Crippen LogP contribution in [0.2, 0.25) is 5.02 Å². The lowest BCUT2D eigenvalue weighted by Crippen LogP contribution is -2.12. The summed E-state index contributed by atoms with van der Waals surface area (Å²) >= 11 is 5.91. The highest BCUT2D eigenvalue weighted by atomic mass is 35.5. The summed E-state index contributed by atoms with van der Waals surface area (Å²) in [6.07, 6.45) is 10.4. The van der Waals surface area contributed by atoms with Gasteiger partial charge in [-0.3, -0.25) is 9.59 Å². The van der Waals surface area contributed by atoms with Gasteiger partial charge in [0, 0.05) is 11.4 Å². The minimum Gasteiger partial charge on any atom is -0.466 e. The van der Waals surface area contributed by atoms with Crippen molar-refractivity contribution in [2.45, 2.75) is 77.6 Å². The number of carbonyl (C=O) groups is 2. The maximum Gasteiger partial charge on any atom is 0.306 e. The molecule has 0 N–H and O–H groups in total. The number of carbonyl (C=O) groups excluding carboxylic acids is 2. The topological polar surface area (TPSA) is 52.6 Å². The number of hydrogen-bond acceptors (Lipinski definition) is 4. The van der Waals surface area contributed by atoms with E-state index in [1.165, 1.54) is 38.5 Å². The van der Waals surface area contributed by atoms with Crippen molar-refractivity contribution < 1.29 is 19.1 Å². The van der Waals surface area contributed by atoms with E-state index in [-0.39, 0.29) is 31.4 Å². The second kappa shape index (κ2) is 15.5. The lowest BCUT2D eigenvalue weighted by molar-refractivity contribution is -0.150. The second-order valence-corrected chi connectivity index (χ2v) is 7.23. The van der Waals surface area contributed by atoms with E-state index in [4.69, 9.17) is 21.1 Å². The van der Waals surface area contributed by atoms with Gasteiger partial charge in [0.2, 0.25) is 0 Å². The number of ether oxygens (including phenoxy) is 2. The molecular weight excluding hydrogens is 364 g/mol. The van der Waals surface area contributed by atoms with Crippen LogP contribution >= 0.6 is 11.6 Å². The number of unbranched alkanes of at least 4 members (excludes halogenated alkanes) is 7. The second-order valence-electron chi connectivity index (χ2n) is 6.80. The van der Waals surface area contributed by atoms with Crippen LogP contribution in [-0.2, 0) is 25.5 Å². The Bertz CT molecular complexity index is 545. The minimum absolute atomic E-state index is 0.0613. The molecule has 0 spiro atoms. The molecule has 0 aliphatic heterocycles. The molecule has 1 rings (SSSR count). The first-order valence-corrected chi connectivity index (χ1v) is 10.5. The van der Waals surface area contributed by atoms with Crippen molar-refractivity contribution in [1.29, 1.82) is 0 Å². The van der Waals surface area contributed by atoms with Gasteiger partial charge in [0.05, 0.1) is 26.1 Å². The first kappa shape index (κ1) is 23.5. The van der Waals surface area contributed by atoms with Crippen molar-refractivity contribution in [1.82, 2.24) is 0 Å². The van der Waals surface area contributed by atoms with E-state index < -0.39 is 0 Å². The summed E-state index contributed by atoms with van der Waals surface area (Å²) in [5.41, 5.74) is 1.01. The molecule has 5 heteroatoms. The van der Waals surface area contributed by atoms with Crippen LogP contribution in [0, 0.1) is 0 Å². The number of hydrogen-bond donors (Lipinski definition) is 0. The molecule has 0 saturated heterocycles. The van der Waals surface area contributed by atoms with Gasteiger partial charge in [-0.05, 0) is 24.1 Å². The molecule has 152 valence electrons. The molecule has 0 aliphatic carbocycles. The fourth-order valence-electron chi connectivity index (χ4n) is 2.75. The van der Waals surface area contributed by atoms with Crippen LogP contribution in [0.4, 0.5) is 0 Å². The minimum atomic E-state index is -0.374. The fraction of sp³-hybridized carbons (Fsp3) is 0.636. The van der Waals surface area contributed by atoms with Crippen molar-refractivity contribution in [2.75, 3.05) is 13.2 Å². The van der Waals surface area contributed by atoms with E-state index in [2.05, 4.69) is 6.92 Å². The van der Waals surface area contributed by atoms with Crippen molar-refractivity contribution in [2.24, 2.45) is 0 Å². The van der Waals surface area contributed by atoms with Gasteiger partial charge in [0.25, 0.3) is 0 Å². The van der Waals surface area contributed by atoms with Crippen LogP contribution in [0.15, 0.2) is 24.3 Å². The Balaban J connectivity index is 1.95. The van der Waals surface area contributed by atoms with Crippen LogP contribution in [0.5, 0.6) is 0 Å². The van der Waals surface area contributed by atoms with E-state index >= 15 is 0 Å². The largest absolute Gasteiger partial charge is 0.466 e. The zero-order valence-corrected chi connectivity index (χ0v) is 17.3. The summed E-state index contributed by atoms with van der Waals surface area (Å²) in [7, 11) is 0. The molecule has 0 aliphatic rings. The summed E-state index contributed by atoms with van der Waals surface area (Å²) in [5.74, 6) is -0.703. The number of benzene rings is 1. The fourth-order valence-corrected chi connectivity index (χ4v) is 2.96. The van der Waals surface area contributed by atoms with Crippen molar-refractivity contribution in [3.05, 3.63) is 34.9 Å². The third-order valence-corrected chi connectivity index (χ3v) is 4.57. The third kappa shape index (κ3) is 13.3. The molecular formula is C22H33ClO4. The molecule has 0 heterocycles. The SMILES string of the molecule is CCCCCCCCCCOC(=O)CCC(=O)OCCc1cccc(Cl)c1. The lowest BCUT2D eigenvalue weighted by atomic mass is 10.1. The summed E-state index contributed by atoms with van der Waals surface area (Å²) in [6.45, 7) is 2.94. The Kier molecular flexibility index (Phi) is 13.5. The Morgan fingerprint density at radius 2 is 1.44 bits per heavy atom. The average molecular weight is 397 g/mol. The molecule has 0 radical (unpaired) electrons. The van der Waals surface area contributed by atoms with Crippen LogP contribution in [0.1, 0.15) is 76.7 Å². The Hall–Kier alpha value is -1.55. The zero-order chi connectivity index (χ0) is 19.7. The van der Waals surface area contributed by atoms with Crippen LogP contribution in [0.3, 0.4) is 0 Å². The molecule has 4 nitrogen and oxygen atoms in total. The Morgan fingerprint density at radius 1 is 0.852 bits per heavy atom. The molecule has 0 bridgehead atoms. The van der Waals surface area contributed by atoms with Gasteiger partial charge < -0.3 is 9.47 Å². The average Bonchev–Trinajstić information content (AvgIpc) is 2.65. The first-order valence-electron chi connectivity index (χ1n) is 10.2. The monoisotopic (exact) mass is 396 g/mol. The standard InChI is InChI=1S/C22H33ClO4/c1-2-3-4-5-6-7-8-9-16-26-21(24)13-14-22(25)27-17-15-19-11-10-12-20(23)18-19/h10-12,18H,2-9,13-17H2,1H3. The van der Waals surface area contributed by atoms with E-state index in [0.717, 1.165) is 18.4 Å². The van der Waals surface area contributed by atoms with Gasteiger partial charge in [0.1, 0.15) is 0 Å². The molecule has 1 aromatic rings. The van der Waals surface area contributed by atoms with Crippen molar-refractivity contribution >= 4 is 23.5 Å². The first-order chi connectivity index (χ1) is 13.1. The highest BCUT2D eigenvalue weighted by molar-refractivity contribution is 6.30. The summed E-state index contributed by atoms with van der Waals surface area (Å²) in [5, 5.41) is 0.665. The molecule has 0 fully saturated rings. The highest BCUT2D eigenvalue weighted by Crippen LogP contribution is 2.11. The van der Waals surface area contributed by atoms with Gasteiger partial charge in [-0.25, -0.2) is 0 Å². The molecule has 1 aromatic carbocycles. The molecule has 27 heavy (non-hydrogen) atoms. The van der Waals surface area contributed by atoms with Gasteiger partial charge in [-0.1, -0.05) is 75.6 Å². The van der Waals surface area contributed by atoms with Crippen LogP contribution in [-0.4, -0.2) is 25.2 Å². The molecule has 0 amide bonds. The third-order valence-electron chi connectivity index (χ3n) is 4.34. The highest BCUT2D eigenvalue weighted by Gasteiger charge is 2.09. The number of rotatable bonds is 15. The molecule has 0 unspecified atom stereocenters. The van der Waals surface area contributed by atoms with Crippen LogP contribution < -0.4 is 0 Å². The number of halogens is 1. The van der Waals surface area contributed by atoms with E-state index in [1.54, 1.807) is 6.07 Å². The summed E-state index contributed by atoms with van der Waals surface area (Å²) < 4.78 is 10.3. The maximum absolute atomic E-state index is 11.7. The zero-order valence-electron chi connectivity index (χ0n) is 16.5. The number of esters is 2. The smallest absolute Gasteiger partial charge is 0.306 e. The summed E-state index contributed by atoms with van der Waals surface area (Å²) in [6, 6.07) is 7.44. The predicted molar refractivity (Wildman–Crippen MR) is 109 cm³/mol. The molecule has 0 aromatic heterocycles. The van der Waals surface area contributed by atoms with Gasteiger partial charge in [0.15, 0.2) is 0 Å². The lowest BCUT2D eigenvalue weighted by Gasteiger charge is -2.06. The molecule has 0 atom stereocenters. The van der Waals surface area contributed by atoms with Gasteiger partial charge >= 0.3 is 11.9 Å². The van der Waals surface area contributed by atoms with Gasteiger partial charge in [-0.2, -0.15) is 0 Å². The summed E-state index contributed by atoms with van der Waals surface area (Å²) in [4.78, 5) is 23.3. The van der Waals surface area contributed by atoms with E-state index in [1.807, 2.05) is 18.2 Å². The van der Waals surface area contributed by atoms with E-state index in [9.17, 15) is 9.59 Å². The maximum atomic E-state index is 11.7. The Morgan fingerprint density at radius 3 is 2.07 bits per heavy atom. The normalized spacial score (nSPS) is 10.6. The van der Waals surface area contributed by atoms with Gasteiger partial charge in [-0.15, -0.1) is 0 Å². The van der Waals surface area contributed by atoms with Crippen LogP contribution in [0.25, 0.3) is 0 Å². The molecule has 0 saturated carbocycles. The predicted octanol–water partition coefficient (Wildman–Crippen LogP) is 5.89. The quantitative estimate of drug-likeness (QED) is 0.274. The Labute approximate surface area is 168 Å². The van der Waals surface area contributed by atoms with Crippen molar-refractivity contribution in [3.8, 4) is 0 Å². The van der Waals surface area contributed by atoms with Crippen molar-refractivity contribution in [3.63, 3.8) is 0 Å².